The van der Waals surface area contributed by atoms with E-state index in [-0.39, 0.29) is 17.8 Å². The average molecular weight is 282 g/mol. The largest absolute Gasteiger partial charge is 0.303 e. The molecule has 0 radical (unpaired) electrons. The number of rotatable bonds is 5. The van der Waals surface area contributed by atoms with Gasteiger partial charge in [0.1, 0.15) is 0 Å². The van der Waals surface area contributed by atoms with Gasteiger partial charge in [-0.05, 0) is 19.2 Å². The molecule has 1 aliphatic rings. The van der Waals surface area contributed by atoms with E-state index in [2.05, 4.69) is 4.90 Å². The van der Waals surface area contributed by atoms with Crippen LogP contribution in [0.15, 0.2) is 12.1 Å². The minimum Gasteiger partial charge on any atom is -0.303 e. The highest BCUT2D eigenvalue weighted by Gasteiger charge is 2.36. The molecule has 20 heavy (non-hydrogen) atoms. The number of Topliss-reactive ketones (excluding diaryl/α,β-unsaturated/α-hetero) is 1. The first-order valence-corrected chi connectivity index (χ1v) is 6.57. The third kappa shape index (κ3) is 2.43. The zero-order valence-electron chi connectivity index (χ0n) is 11.4. The van der Waals surface area contributed by atoms with Crippen LogP contribution in [0.1, 0.15) is 24.2 Å². The third-order valence-corrected chi connectivity index (χ3v) is 3.55. The highest BCUT2D eigenvalue weighted by Crippen LogP contribution is 2.30. The standard InChI is InChI=1S/C14H16F2N2O2/c1-3-17(4-2)5-6-18-12-8-11(16)10(15)7-9(12)13(19)14(18)20/h7-8H,3-6H2,1-2H3. The number of ketones is 1. The van der Waals surface area contributed by atoms with E-state index >= 15 is 0 Å². The first-order valence-electron chi connectivity index (χ1n) is 6.57. The average Bonchev–Trinajstić information content (AvgIpc) is 2.65. The molecule has 0 atom stereocenters. The first kappa shape index (κ1) is 14.6. The fraction of sp³-hybridized carbons (Fsp3) is 0.429. The molecule has 0 aromatic heterocycles. The van der Waals surface area contributed by atoms with E-state index in [0.29, 0.717) is 6.54 Å². The monoisotopic (exact) mass is 282 g/mol. The highest BCUT2D eigenvalue weighted by atomic mass is 19.2. The van der Waals surface area contributed by atoms with E-state index < -0.39 is 23.3 Å². The summed E-state index contributed by atoms with van der Waals surface area (Å²) in [5, 5.41) is 0. The van der Waals surface area contributed by atoms with Crippen LogP contribution >= 0.6 is 0 Å². The van der Waals surface area contributed by atoms with Gasteiger partial charge in [-0.25, -0.2) is 8.78 Å². The second kappa shape index (κ2) is 5.66. The Kier molecular flexibility index (Phi) is 4.13. The van der Waals surface area contributed by atoms with Crippen LogP contribution in [0.3, 0.4) is 0 Å². The molecule has 1 heterocycles. The molecule has 0 bridgehead atoms. The van der Waals surface area contributed by atoms with Crippen molar-refractivity contribution >= 4 is 17.4 Å². The lowest BCUT2D eigenvalue weighted by Crippen LogP contribution is -2.38. The molecule has 1 aromatic carbocycles. The maximum Gasteiger partial charge on any atom is 0.299 e. The number of carbonyl (C=O) groups is 2. The van der Waals surface area contributed by atoms with Crippen molar-refractivity contribution in [1.29, 1.82) is 0 Å². The van der Waals surface area contributed by atoms with Gasteiger partial charge in [0.05, 0.1) is 11.3 Å². The Hall–Kier alpha value is -1.82. The molecule has 0 saturated heterocycles. The Labute approximate surface area is 116 Å². The van der Waals surface area contributed by atoms with E-state index in [4.69, 9.17) is 0 Å². The Balaban J connectivity index is 2.26. The van der Waals surface area contributed by atoms with Crippen LogP contribution in [0.5, 0.6) is 0 Å². The molecule has 0 fully saturated rings. The second-order valence-electron chi connectivity index (χ2n) is 4.60. The lowest BCUT2D eigenvalue weighted by Gasteiger charge is -2.22. The van der Waals surface area contributed by atoms with Gasteiger partial charge in [-0.1, -0.05) is 13.8 Å². The summed E-state index contributed by atoms with van der Waals surface area (Å²) in [6.45, 7) is 6.47. The van der Waals surface area contributed by atoms with Crippen molar-refractivity contribution in [2.75, 3.05) is 31.1 Å². The summed E-state index contributed by atoms with van der Waals surface area (Å²) in [4.78, 5) is 26.9. The van der Waals surface area contributed by atoms with Crippen LogP contribution in [-0.2, 0) is 4.79 Å². The summed E-state index contributed by atoms with van der Waals surface area (Å²) in [7, 11) is 0. The molecular weight excluding hydrogens is 266 g/mol. The van der Waals surface area contributed by atoms with Crippen LogP contribution in [0, 0.1) is 11.6 Å². The molecule has 1 amide bonds. The maximum atomic E-state index is 13.3. The minimum absolute atomic E-state index is 0.0616. The predicted octanol–water partition coefficient (Wildman–Crippen LogP) is 1.84. The molecule has 108 valence electrons. The molecule has 2 rings (SSSR count). The molecule has 1 aromatic rings. The van der Waals surface area contributed by atoms with Gasteiger partial charge in [-0.15, -0.1) is 0 Å². The number of nitrogens with zero attached hydrogens (tertiary/aromatic N) is 2. The summed E-state index contributed by atoms with van der Waals surface area (Å²) >= 11 is 0. The van der Waals surface area contributed by atoms with Crippen molar-refractivity contribution in [2.45, 2.75) is 13.8 Å². The highest BCUT2D eigenvalue weighted by molar-refractivity contribution is 6.52. The van der Waals surface area contributed by atoms with Crippen LogP contribution in [0.2, 0.25) is 0 Å². The van der Waals surface area contributed by atoms with Crippen molar-refractivity contribution in [2.24, 2.45) is 0 Å². The molecular formula is C14H16F2N2O2. The van der Waals surface area contributed by atoms with E-state index in [0.717, 1.165) is 25.2 Å². The van der Waals surface area contributed by atoms with Crippen LogP contribution in [0.4, 0.5) is 14.5 Å². The Morgan fingerprint density at radius 1 is 1.10 bits per heavy atom. The van der Waals surface area contributed by atoms with Gasteiger partial charge in [-0.3, -0.25) is 9.59 Å². The zero-order valence-corrected chi connectivity index (χ0v) is 11.4. The number of likely N-dealkylation sites (N-methyl/N-ethyl adjacent to an activating group) is 1. The van der Waals surface area contributed by atoms with Gasteiger partial charge < -0.3 is 9.80 Å². The Morgan fingerprint density at radius 3 is 2.30 bits per heavy atom. The summed E-state index contributed by atoms with van der Waals surface area (Å²) in [5.74, 6) is -3.68. The molecule has 1 aliphatic heterocycles. The summed E-state index contributed by atoms with van der Waals surface area (Å²) in [5.41, 5.74) is 0.0968. The quantitative estimate of drug-likeness (QED) is 0.774. The predicted molar refractivity (Wildman–Crippen MR) is 70.8 cm³/mol. The maximum absolute atomic E-state index is 13.3. The minimum atomic E-state index is -1.12. The first-order chi connectivity index (χ1) is 9.49. The van der Waals surface area contributed by atoms with E-state index in [1.165, 1.54) is 4.90 Å². The van der Waals surface area contributed by atoms with Crippen LogP contribution in [-0.4, -0.2) is 42.8 Å². The van der Waals surface area contributed by atoms with Gasteiger partial charge in [0.15, 0.2) is 11.6 Å². The number of fused-ring (bicyclic) bond motifs is 1. The summed E-state index contributed by atoms with van der Waals surface area (Å²) < 4.78 is 26.5. The van der Waals surface area contributed by atoms with Crippen molar-refractivity contribution in [3.8, 4) is 0 Å². The number of hydrogen-bond donors (Lipinski definition) is 0. The topological polar surface area (TPSA) is 40.6 Å². The van der Waals surface area contributed by atoms with Crippen molar-refractivity contribution in [1.82, 2.24) is 4.90 Å². The molecule has 6 heteroatoms. The normalized spacial score (nSPS) is 14.3. The van der Waals surface area contributed by atoms with E-state index in [9.17, 15) is 18.4 Å². The van der Waals surface area contributed by atoms with Crippen molar-refractivity contribution in [3.05, 3.63) is 29.3 Å². The fourth-order valence-corrected chi connectivity index (χ4v) is 2.29. The van der Waals surface area contributed by atoms with Crippen LogP contribution in [0.25, 0.3) is 0 Å². The van der Waals surface area contributed by atoms with Crippen LogP contribution < -0.4 is 4.90 Å². The molecule has 0 unspecified atom stereocenters. The Bertz CT molecular complexity index is 556. The lowest BCUT2D eigenvalue weighted by molar-refractivity contribution is -0.114. The number of anilines is 1. The summed E-state index contributed by atoms with van der Waals surface area (Å²) in [6, 6.07) is 1.71. The lowest BCUT2D eigenvalue weighted by atomic mass is 10.1. The molecule has 0 saturated carbocycles. The van der Waals surface area contributed by atoms with Gasteiger partial charge in [0.25, 0.3) is 11.7 Å². The molecule has 0 aliphatic carbocycles. The number of amides is 1. The van der Waals surface area contributed by atoms with Crippen molar-refractivity contribution < 1.29 is 18.4 Å². The fourth-order valence-electron chi connectivity index (χ4n) is 2.29. The number of carbonyl (C=O) groups excluding carboxylic acids is 2. The van der Waals surface area contributed by atoms with Gasteiger partial charge in [-0.2, -0.15) is 0 Å². The third-order valence-electron chi connectivity index (χ3n) is 3.55. The molecule has 0 N–H and O–H groups in total. The zero-order chi connectivity index (χ0) is 14.9. The van der Waals surface area contributed by atoms with E-state index in [1.54, 1.807) is 0 Å². The number of hydrogen-bond acceptors (Lipinski definition) is 3. The van der Waals surface area contributed by atoms with Crippen molar-refractivity contribution in [3.63, 3.8) is 0 Å². The number of halogens is 2. The molecule has 4 nitrogen and oxygen atoms in total. The second-order valence-corrected chi connectivity index (χ2v) is 4.60. The van der Waals surface area contributed by atoms with Gasteiger partial charge in [0.2, 0.25) is 0 Å². The SMILES string of the molecule is CCN(CC)CCN1C(=O)C(=O)c2cc(F)c(F)cc21. The van der Waals surface area contributed by atoms with E-state index in [1.807, 2.05) is 13.8 Å². The molecule has 0 spiro atoms. The summed E-state index contributed by atoms with van der Waals surface area (Å²) in [6.07, 6.45) is 0. The number of benzene rings is 1. The Morgan fingerprint density at radius 2 is 1.70 bits per heavy atom. The smallest absolute Gasteiger partial charge is 0.299 e. The van der Waals surface area contributed by atoms with Gasteiger partial charge in [0, 0.05) is 19.2 Å². The van der Waals surface area contributed by atoms with Gasteiger partial charge >= 0.3 is 0 Å².